The predicted molar refractivity (Wildman–Crippen MR) is 76.8 cm³/mol. The number of hydrogen-bond donors (Lipinski definition) is 1. The maximum atomic E-state index is 11.4. The van der Waals surface area contributed by atoms with Gasteiger partial charge in [-0.25, -0.2) is 8.42 Å². The Bertz CT molecular complexity index is 658. The molecule has 0 bridgehead atoms. The van der Waals surface area contributed by atoms with Crippen molar-refractivity contribution in [3.63, 3.8) is 0 Å². The van der Waals surface area contributed by atoms with E-state index in [2.05, 4.69) is 0 Å². The predicted octanol–water partition coefficient (Wildman–Crippen LogP) is 1.96. The summed E-state index contributed by atoms with van der Waals surface area (Å²) in [5.41, 5.74) is 1.94. The molecule has 0 amide bonds. The van der Waals surface area contributed by atoms with Crippen molar-refractivity contribution in [3.8, 4) is 0 Å². The van der Waals surface area contributed by atoms with Crippen molar-refractivity contribution in [2.75, 3.05) is 11.5 Å². The smallest absolute Gasteiger partial charge is 0.150 e. The lowest BCUT2D eigenvalue weighted by atomic mass is 10.1. The van der Waals surface area contributed by atoms with Gasteiger partial charge in [-0.2, -0.15) is 0 Å². The van der Waals surface area contributed by atoms with Gasteiger partial charge in [0.25, 0.3) is 0 Å². The number of sulfone groups is 1. The highest BCUT2D eigenvalue weighted by atomic mass is 32.2. The number of nitrogens with zero attached hydrogens (tertiary/aromatic N) is 1. The van der Waals surface area contributed by atoms with Gasteiger partial charge in [-0.05, 0) is 24.1 Å². The molecule has 1 N–H and O–H groups in total. The maximum absolute atomic E-state index is 11.4. The van der Waals surface area contributed by atoms with Gasteiger partial charge in [0.05, 0.1) is 12.4 Å². The van der Waals surface area contributed by atoms with Crippen molar-refractivity contribution < 1.29 is 13.5 Å². The molecule has 0 atom stereocenters. The summed E-state index contributed by atoms with van der Waals surface area (Å²) < 4.78 is 24.9. The van der Waals surface area contributed by atoms with E-state index in [0.717, 1.165) is 16.5 Å². The topological polar surface area (TPSA) is 59.3 Å². The SMILES string of the molecule is CCS(=O)(=O)CCCn1ccc2c(CO)cccc21. The lowest BCUT2D eigenvalue weighted by Crippen LogP contribution is -2.11. The second-order valence-electron chi connectivity index (χ2n) is 4.61. The van der Waals surface area contributed by atoms with E-state index in [1.165, 1.54) is 0 Å². The molecular weight excluding hydrogens is 262 g/mol. The van der Waals surface area contributed by atoms with Crippen molar-refractivity contribution in [3.05, 3.63) is 36.0 Å². The van der Waals surface area contributed by atoms with Crippen LogP contribution in [0.1, 0.15) is 18.9 Å². The first kappa shape index (κ1) is 14.1. The summed E-state index contributed by atoms with van der Waals surface area (Å²) >= 11 is 0. The van der Waals surface area contributed by atoms with Gasteiger partial charge in [-0.15, -0.1) is 0 Å². The molecule has 1 aromatic heterocycles. The number of hydrogen-bond acceptors (Lipinski definition) is 3. The van der Waals surface area contributed by atoms with Crippen molar-refractivity contribution in [1.82, 2.24) is 4.57 Å². The van der Waals surface area contributed by atoms with Gasteiger partial charge in [0.2, 0.25) is 0 Å². The molecule has 1 heterocycles. The second-order valence-corrected chi connectivity index (χ2v) is 7.08. The molecule has 0 aliphatic heterocycles. The van der Waals surface area contributed by atoms with Gasteiger partial charge in [-0.3, -0.25) is 0 Å². The number of aromatic nitrogens is 1. The molecule has 0 spiro atoms. The molecule has 5 heteroatoms. The van der Waals surface area contributed by atoms with Crippen LogP contribution in [0.15, 0.2) is 30.5 Å². The van der Waals surface area contributed by atoms with Crippen molar-refractivity contribution >= 4 is 20.7 Å². The molecule has 0 unspecified atom stereocenters. The Hall–Kier alpha value is -1.33. The van der Waals surface area contributed by atoms with E-state index in [0.29, 0.717) is 13.0 Å². The highest BCUT2D eigenvalue weighted by molar-refractivity contribution is 7.91. The molecule has 0 aliphatic carbocycles. The summed E-state index contributed by atoms with van der Waals surface area (Å²) in [6.07, 6.45) is 2.56. The first-order chi connectivity index (χ1) is 9.07. The van der Waals surface area contributed by atoms with Crippen LogP contribution in [0, 0.1) is 0 Å². The van der Waals surface area contributed by atoms with Crippen LogP contribution in [0.3, 0.4) is 0 Å². The molecule has 2 rings (SSSR count). The summed E-state index contributed by atoms with van der Waals surface area (Å²) in [6, 6.07) is 7.76. The number of fused-ring (bicyclic) bond motifs is 1. The molecule has 0 radical (unpaired) electrons. The van der Waals surface area contributed by atoms with E-state index < -0.39 is 9.84 Å². The molecular formula is C14H19NO3S. The van der Waals surface area contributed by atoms with Gasteiger partial charge in [0.1, 0.15) is 9.84 Å². The minimum absolute atomic E-state index is 0.0194. The lowest BCUT2D eigenvalue weighted by Gasteiger charge is -2.06. The third-order valence-electron chi connectivity index (χ3n) is 3.37. The first-order valence-corrected chi connectivity index (χ1v) is 8.27. The number of aliphatic hydroxyl groups is 1. The van der Waals surface area contributed by atoms with Gasteiger partial charge in [-0.1, -0.05) is 19.1 Å². The van der Waals surface area contributed by atoms with Crippen molar-refractivity contribution in [2.45, 2.75) is 26.5 Å². The Morgan fingerprint density at radius 3 is 2.74 bits per heavy atom. The van der Waals surface area contributed by atoms with E-state index >= 15 is 0 Å². The maximum Gasteiger partial charge on any atom is 0.150 e. The molecule has 2 aromatic rings. The van der Waals surface area contributed by atoms with Gasteiger partial charge in [0.15, 0.2) is 0 Å². The first-order valence-electron chi connectivity index (χ1n) is 6.45. The van der Waals surface area contributed by atoms with E-state index in [9.17, 15) is 13.5 Å². The Morgan fingerprint density at radius 1 is 1.26 bits per heavy atom. The van der Waals surface area contributed by atoms with Crippen LogP contribution in [0.5, 0.6) is 0 Å². The minimum Gasteiger partial charge on any atom is -0.392 e. The number of aliphatic hydroxyl groups excluding tert-OH is 1. The molecule has 0 aliphatic rings. The van der Waals surface area contributed by atoms with Crippen LogP contribution in [-0.4, -0.2) is 29.6 Å². The molecule has 104 valence electrons. The number of aryl methyl sites for hydroxylation is 1. The Morgan fingerprint density at radius 2 is 2.05 bits per heavy atom. The van der Waals surface area contributed by atoms with Crippen LogP contribution in [0.4, 0.5) is 0 Å². The van der Waals surface area contributed by atoms with Crippen LogP contribution < -0.4 is 0 Å². The lowest BCUT2D eigenvalue weighted by molar-refractivity contribution is 0.283. The van der Waals surface area contributed by atoms with Crippen molar-refractivity contribution in [2.24, 2.45) is 0 Å². The van der Waals surface area contributed by atoms with Crippen LogP contribution in [0.25, 0.3) is 10.9 Å². The monoisotopic (exact) mass is 281 g/mol. The number of rotatable bonds is 6. The molecule has 0 fully saturated rings. The largest absolute Gasteiger partial charge is 0.392 e. The van der Waals surface area contributed by atoms with E-state index in [4.69, 9.17) is 0 Å². The van der Waals surface area contributed by atoms with Crippen LogP contribution in [0.2, 0.25) is 0 Å². The fourth-order valence-corrected chi connectivity index (χ4v) is 3.08. The van der Waals surface area contributed by atoms with E-state index in [1.807, 2.05) is 35.0 Å². The van der Waals surface area contributed by atoms with E-state index in [1.54, 1.807) is 6.92 Å². The van der Waals surface area contributed by atoms with E-state index in [-0.39, 0.29) is 18.1 Å². The highest BCUT2D eigenvalue weighted by Crippen LogP contribution is 2.20. The normalized spacial score (nSPS) is 12.1. The zero-order chi connectivity index (χ0) is 13.9. The summed E-state index contributed by atoms with van der Waals surface area (Å²) in [5.74, 6) is 0.428. The van der Waals surface area contributed by atoms with Crippen LogP contribution >= 0.6 is 0 Å². The Labute approximate surface area is 113 Å². The fourth-order valence-electron chi connectivity index (χ4n) is 2.22. The zero-order valence-corrected chi connectivity index (χ0v) is 11.9. The molecule has 1 aromatic carbocycles. The zero-order valence-electron chi connectivity index (χ0n) is 11.0. The fraction of sp³-hybridized carbons (Fsp3) is 0.429. The summed E-state index contributed by atoms with van der Waals surface area (Å²) in [7, 11) is -2.89. The number of benzene rings is 1. The van der Waals surface area contributed by atoms with Gasteiger partial charge >= 0.3 is 0 Å². The molecule has 19 heavy (non-hydrogen) atoms. The minimum atomic E-state index is -2.89. The van der Waals surface area contributed by atoms with Gasteiger partial charge < -0.3 is 9.67 Å². The summed E-state index contributed by atoms with van der Waals surface area (Å²) in [4.78, 5) is 0. The third-order valence-corrected chi connectivity index (χ3v) is 5.16. The summed E-state index contributed by atoms with van der Waals surface area (Å²) in [5, 5.41) is 10.3. The van der Waals surface area contributed by atoms with Crippen LogP contribution in [-0.2, 0) is 23.0 Å². The molecule has 0 saturated carbocycles. The van der Waals surface area contributed by atoms with Crippen molar-refractivity contribution in [1.29, 1.82) is 0 Å². The average Bonchev–Trinajstić information content (AvgIpc) is 2.82. The van der Waals surface area contributed by atoms with Gasteiger partial charge in [0, 0.05) is 29.4 Å². The standard InChI is InChI=1S/C14H19NO3S/c1-2-19(17,18)10-4-8-15-9-7-13-12(11-16)5-3-6-14(13)15/h3,5-7,9,16H,2,4,8,10-11H2,1H3. The third kappa shape index (κ3) is 3.16. The molecule has 0 saturated heterocycles. The summed E-state index contributed by atoms with van der Waals surface area (Å²) in [6.45, 7) is 2.37. The Balaban J connectivity index is 2.14. The quantitative estimate of drug-likeness (QED) is 0.880. The Kier molecular flexibility index (Phi) is 4.27. The molecule has 4 nitrogen and oxygen atoms in total. The second kappa shape index (κ2) is 5.75. The average molecular weight is 281 g/mol. The highest BCUT2D eigenvalue weighted by Gasteiger charge is 2.08.